The number of sulfone groups is 1. The number of halogens is 1. The first kappa shape index (κ1) is 21.5. The van der Waals surface area contributed by atoms with Crippen LogP contribution in [-0.2, 0) is 19.4 Å². The molecule has 0 atom stereocenters. The van der Waals surface area contributed by atoms with E-state index in [9.17, 15) is 18.0 Å². The minimum atomic E-state index is -3.72. The average Bonchev–Trinajstić information content (AvgIpc) is 2.53. The number of carbonyl (C=O) groups is 2. The van der Waals surface area contributed by atoms with Crippen molar-refractivity contribution in [2.45, 2.75) is 50.2 Å². The molecule has 1 N–H and O–H groups in total. The van der Waals surface area contributed by atoms with E-state index in [4.69, 9.17) is 16.3 Å². The lowest BCUT2D eigenvalue weighted by Gasteiger charge is -2.32. The molecule has 2 rings (SSSR count). The van der Waals surface area contributed by atoms with Crippen LogP contribution >= 0.6 is 11.6 Å². The number of hydrogen-bond acceptors (Lipinski definition) is 5. The van der Waals surface area contributed by atoms with Gasteiger partial charge < -0.3 is 15.0 Å². The van der Waals surface area contributed by atoms with E-state index in [0.717, 1.165) is 0 Å². The number of ether oxygens (including phenoxy) is 1. The fourth-order valence-electron chi connectivity index (χ4n) is 2.73. The van der Waals surface area contributed by atoms with Gasteiger partial charge in [0.05, 0.1) is 4.90 Å². The van der Waals surface area contributed by atoms with Crippen LogP contribution in [0, 0.1) is 0 Å². The van der Waals surface area contributed by atoms with Crippen LogP contribution in [0.3, 0.4) is 0 Å². The molecule has 0 unspecified atom stereocenters. The minimum Gasteiger partial charge on any atom is -0.444 e. The van der Waals surface area contributed by atoms with Gasteiger partial charge in [0.2, 0.25) is 5.91 Å². The third-order valence-electron chi connectivity index (χ3n) is 4.05. The Bertz CT molecular complexity index is 779. The Morgan fingerprint density at radius 3 is 2.26 bits per heavy atom. The number of hydrogen-bond donors (Lipinski definition) is 1. The number of likely N-dealkylation sites (tertiary alicyclic amines) is 1. The summed E-state index contributed by atoms with van der Waals surface area (Å²) in [6.07, 6.45) is 0.607. The molecular weight excluding hydrogens is 392 g/mol. The van der Waals surface area contributed by atoms with Crippen LogP contribution in [0.15, 0.2) is 29.2 Å². The highest BCUT2D eigenvalue weighted by molar-refractivity contribution is 7.92. The van der Waals surface area contributed by atoms with E-state index in [1.54, 1.807) is 20.8 Å². The van der Waals surface area contributed by atoms with Crippen LogP contribution in [0.4, 0.5) is 4.79 Å². The quantitative estimate of drug-likeness (QED) is 0.814. The molecule has 1 aromatic carbocycles. The maximum Gasteiger partial charge on any atom is 0.407 e. The third-order valence-corrected chi connectivity index (χ3v) is 5.92. The van der Waals surface area contributed by atoms with Crippen molar-refractivity contribution < 1.29 is 22.7 Å². The van der Waals surface area contributed by atoms with Crippen molar-refractivity contribution in [3.05, 3.63) is 29.3 Å². The molecule has 7 nitrogen and oxygen atoms in total. The monoisotopic (exact) mass is 416 g/mol. The first-order valence-electron chi connectivity index (χ1n) is 8.72. The molecule has 1 heterocycles. The zero-order valence-electron chi connectivity index (χ0n) is 15.7. The van der Waals surface area contributed by atoms with Crippen molar-refractivity contribution in [1.82, 2.24) is 10.2 Å². The number of alkyl carbamates (subject to hydrolysis) is 1. The number of nitrogens with zero attached hydrogens (tertiary/aromatic N) is 1. The molecule has 1 aliphatic rings. The molecule has 27 heavy (non-hydrogen) atoms. The number of rotatable bonds is 4. The standard InChI is InChI=1S/C18H25ClN2O5S/c1-18(2,3)26-17(23)20-14-8-10-21(11-9-14)16(22)12-27(24,25)15-6-4-13(19)5-7-15/h4-7,14H,8-12H2,1-3H3,(H,20,23). The van der Waals surface area contributed by atoms with Gasteiger partial charge in [0.25, 0.3) is 0 Å². The topological polar surface area (TPSA) is 92.8 Å². The fraction of sp³-hybridized carbons (Fsp3) is 0.556. The Hall–Kier alpha value is -1.80. The second kappa shape index (κ2) is 8.48. The Kier molecular flexibility index (Phi) is 6.75. The lowest BCUT2D eigenvalue weighted by Crippen LogP contribution is -2.48. The first-order chi connectivity index (χ1) is 12.5. The van der Waals surface area contributed by atoms with Crippen molar-refractivity contribution in [2.24, 2.45) is 0 Å². The van der Waals surface area contributed by atoms with Gasteiger partial charge in [0, 0.05) is 24.2 Å². The smallest absolute Gasteiger partial charge is 0.407 e. The van der Waals surface area contributed by atoms with Crippen LogP contribution in [0.5, 0.6) is 0 Å². The largest absolute Gasteiger partial charge is 0.444 e. The molecular formula is C18H25ClN2O5S. The van der Waals surface area contributed by atoms with E-state index in [1.165, 1.54) is 29.2 Å². The lowest BCUT2D eigenvalue weighted by atomic mass is 10.1. The lowest BCUT2D eigenvalue weighted by molar-refractivity contribution is -0.129. The zero-order valence-corrected chi connectivity index (χ0v) is 17.3. The molecule has 0 aliphatic carbocycles. The Morgan fingerprint density at radius 2 is 1.74 bits per heavy atom. The number of amides is 2. The van der Waals surface area contributed by atoms with E-state index >= 15 is 0 Å². The van der Waals surface area contributed by atoms with Crippen LogP contribution in [0.25, 0.3) is 0 Å². The maximum atomic E-state index is 12.4. The number of benzene rings is 1. The summed E-state index contributed by atoms with van der Waals surface area (Å²) in [7, 11) is -3.72. The molecule has 1 aromatic rings. The van der Waals surface area contributed by atoms with Gasteiger partial charge in [0.15, 0.2) is 9.84 Å². The molecule has 0 saturated carbocycles. The third kappa shape index (κ3) is 6.70. The first-order valence-corrected chi connectivity index (χ1v) is 10.7. The molecule has 1 aliphatic heterocycles. The fourth-order valence-corrected chi connectivity index (χ4v) is 4.08. The van der Waals surface area contributed by atoms with Gasteiger partial charge in [-0.2, -0.15) is 0 Å². The molecule has 0 bridgehead atoms. The van der Waals surface area contributed by atoms with Gasteiger partial charge in [-0.05, 0) is 57.9 Å². The summed E-state index contributed by atoms with van der Waals surface area (Å²) in [6.45, 7) is 6.13. The molecule has 1 saturated heterocycles. The highest BCUT2D eigenvalue weighted by Gasteiger charge is 2.28. The SMILES string of the molecule is CC(C)(C)OC(=O)NC1CCN(C(=O)CS(=O)(=O)c2ccc(Cl)cc2)CC1. The van der Waals surface area contributed by atoms with Gasteiger partial charge >= 0.3 is 6.09 Å². The van der Waals surface area contributed by atoms with Gasteiger partial charge in [-0.1, -0.05) is 11.6 Å². The van der Waals surface area contributed by atoms with E-state index in [0.29, 0.717) is 31.0 Å². The van der Waals surface area contributed by atoms with Gasteiger partial charge in [-0.25, -0.2) is 13.2 Å². The summed E-state index contributed by atoms with van der Waals surface area (Å²) in [6, 6.07) is 5.64. The minimum absolute atomic E-state index is 0.0710. The number of piperidine rings is 1. The van der Waals surface area contributed by atoms with Crippen molar-refractivity contribution >= 4 is 33.4 Å². The molecule has 1 fully saturated rings. The molecule has 2 amide bonds. The molecule has 0 spiro atoms. The molecule has 0 aromatic heterocycles. The predicted molar refractivity (Wildman–Crippen MR) is 102 cm³/mol. The average molecular weight is 417 g/mol. The Morgan fingerprint density at radius 1 is 1.19 bits per heavy atom. The van der Waals surface area contributed by atoms with E-state index in [1.807, 2.05) is 0 Å². The second-order valence-electron chi connectivity index (χ2n) is 7.51. The molecule has 150 valence electrons. The van der Waals surface area contributed by atoms with Crippen molar-refractivity contribution in [2.75, 3.05) is 18.8 Å². The number of nitrogens with one attached hydrogen (secondary N) is 1. The van der Waals surface area contributed by atoms with E-state index in [-0.39, 0.29) is 10.9 Å². The van der Waals surface area contributed by atoms with E-state index < -0.39 is 33.2 Å². The summed E-state index contributed by atoms with van der Waals surface area (Å²) in [5.74, 6) is -1.03. The summed E-state index contributed by atoms with van der Waals surface area (Å²) < 4.78 is 30.0. The molecule has 9 heteroatoms. The highest BCUT2D eigenvalue weighted by Crippen LogP contribution is 2.17. The summed E-state index contributed by atoms with van der Waals surface area (Å²) in [5.41, 5.74) is -0.573. The zero-order chi connectivity index (χ0) is 20.2. The summed E-state index contributed by atoms with van der Waals surface area (Å²) in [5, 5.41) is 3.21. The second-order valence-corrected chi connectivity index (χ2v) is 9.94. The van der Waals surface area contributed by atoms with Crippen LogP contribution in [-0.4, -0.2) is 55.8 Å². The van der Waals surface area contributed by atoms with Crippen LogP contribution in [0.1, 0.15) is 33.6 Å². The van der Waals surface area contributed by atoms with Crippen LogP contribution in [0.2, 0.25) is 5.02 Å². The number of carbonyl (C=O) groups excluding carboxylic acids is 2. The summed E-state index contributed by atoms with van der Waals surface area (Å²) >= 11 is 5.77. The summed E-state index contributed by atoms with van der Waals surface area (Å²) in [4.78, 5) is 25.8. The van der Waals surface area contributed by atoms with Gasteiger partial charge in [0.1, 0.15) is 11.4 Å². The van der Waals surface area contributed by atoms with Gasteiger partial charge in [-0.3, -0.25) is 4.79 Å². The van der Waals surface area contributed by atoms with Crippen LogP contribution < -0.4 is 5.32 Å². The predicted octanol–water partition coefficient (Wildman–Crippen LogP) is 2.63. The maximum absolute atomic E-state index is 12.4. The normalized spacial score (nSPS) is 16.1. The van der Waals surface area contributed by atoms with Crippen molar-refractivity contribution in [3.63, 3.8) is 0 Å². The Balaban J connectivity index is 1.86. The van der Waals surface area contributed by atoms with Crippen molar-refractivity contribution in [1.29, 1.82) is 0 Å². The Labute approximate surface area is 164 Å². The van der Waals surface area contributed by atoms with E-state index in [2.05, 4.69) is 5.32 Å². The van der Waals surface area contributed by atoms with Gasteiger partial charge in [-0.15, -0.1) is 0 Å². The van der Waals surface area contributed by atoms with Crippen molar-refractivity contribution in [3.8, 4) is 0 Å². The highest BCUT2D eigenvalue weighted by atomic mass is 35.5. The molecule has 0 radical (unpaired) electrons.